The topological polar surface area (TPSA) is 73.6 Å². The van der Waals surface area contributed by atoms with E-state index in [1.54, 1.807) is 36.4 Å². The summed E-state index contributed by atoms with van der Waals surface area (Å²) in [6.45, 7) is 0.682. The first-order valence-corrected chi connectivity index (χ1v) is 7.89. The van der Waals surface area contributed by atoms with Gasteiger partial charge in [-0.3, -0.25) is 4.79 Å². The van der Waals surface area contributed by atoms with Crippen molar-refractivity contribution in [3.63, 3.8) is 0 Å². The molecule has 1 saturated heterocycles. The Morgan fingerprint density at radius 1 is 1.21 bits per heavy atom. The van der Waals surface area contributed by atoms with Gasteiger partial charge in [0, 0.05) is 6.54 Å². The van der Waals surface area contributed by atoms with E-state index in [1.807, 2.05) is 23.1 Å². The summed E-state index contributed by atoms with van der Waals surface area (Å²) in [6.07, 6.45) is 1.86. The summed E-state index contributed by atoms with van der Waals surface area (Å²) in [5, 5.41) is 18.2. The Bertz CT molecular complexity index is 748. The zero-order valence-electron chi connectivity index (χ0n) is 13.2. The number of hydrogen-bond donors (Lipinski definition) is 1. The number of benzene rings is 2. The van der Waals surface area contributed by atoms with E-state index in [0.717, 1.165) is 18.4 Å². The molecule has 2 aromatic carbocycles. The van der Waals surface area contributed by atoms with Crippen LogP contribution in [-0.4, -0.2) is 29.1 Å². The van der Waals surface area contributed by atoms with E-state index in [9.17, 15) is 9.90 Å². The Morgan fingerprint density at radius 2 is 1.92 bits per heavy atom. The fourth-order valence-electron chi connectivity index (χ4n) is 2.96. The summed E-state index contributed by atoms with van der Waals surface area (Å²) in [4.78, 5) is 14.3. The molecule has 1 heterocycles. The quantitative estimate of drug-likeness (QED) is 0.939. The van der Waals surface area contributed by atoms with Crippen LogP contribution in [-0.2, 0) is 4.79 Å². The number of carbonyl (C=O) groups excluding carboxylic acids is 1. The van der Waals surface area contributed by atoms with Gasteiger partial charge < -0.3 is 14.7 Å². The number of phenols is 1. The van der Waals surface area contributed by atoms with Gasteiger partial charge in [-0.25, -0.2) is 0 Å². The van der Waals surface area contributed by atoms with Gasteiger partial charge in [-0.1, -0.05) is 12.1 Å². The summed E-state index contributed by atoms with van der Waals surface area (Å²) in [6, 6.07) is 15.8. The number of aromatic hydroxyl groups is 1. The molecule has 1 aliphatic heterocycles. The first-order chi connectivity index (χ1) is 11.7. The highest BCUT2D eigenvalue weighted by molar-refractivity contribution is 5.78. The molecule has 1 amide bonds. The molecule has 0 bridgehead atoms. The number of phenolic OH excluding ortho intramolecular Hbond substituents is 1. The molecule has 1 atom stereocenters. The molecule has 5 heteroatoms. The molecule has 0 spiro atoms. The molecule has 2 aromatic rings. The first kappa shape index (κ1) is 15.9. The maximum Gasteiger partial charge on any atom is 0.261 e. The van der Waals surface area contributed by atoms with Gasteiger partial charge in [-0.2, -0.15) is 5.26 Å². The maximum absolute atomic E-state index is 12.5. The van der Waals surface area contributed by atoms with Gasteiger partial charge in [-0.15, -0.1) is 0 Å². The third-order valence-electron chi connectivity index (χ3n) is 4.20. The van der Waals surface area contributed by atoms with Gasteiger partial charge in [0.25, 0.3) is 5.91 Å². The second-order valence-corrected chi connectivity index (χ2v) is 5.76. The van der Waals surface area contributed by atoms with Crippen molar-refractivity contribution in [2.75, 3.05) is 13.2 Å². The molecule has 1 N–H and O–H groups in total. The molecule has 0 unspecified atom stereocenters. The van der Waals surface area contributed by atoms with Crippen LogP contribution in [0.5, 0.6) is 11.5 Å². The molecule has 122 valence electrons. The van der Waals surface area contributed by atoms with E-state index < -0.39 is 0 Å². The van der Waals surface area contributed by atoms with Gasteiger partial charge in [0.2, 0.25) is 0 Å². The van der Waals surface area contributed by atoms with E-state index in [1.165, 1.54) is 0 Å². The van der Waals surface area contributed by atoms with Gasteiger partial charge in [0.15, 0.2) is 6.61 Å². The molecule has 5 nitrogen and oxygen atoms in total. The first-order valence-electron chi connectivity index (χ1n) is 7.89. The number of nitrogens with zero attached hydrogens (tertiary/aromatic N) is 2. The zero-order valence-corrected chi connectivity index (χ0v) is 13.2. The highest BCUT2D eigenvalue weighted by Crippen LogP contribution is 2.32. The predicted molar refractivity (Wildman–Crippen MR) is 88.4 cm³/mol. The molecule has 0 saturated carbocycles. The van der Waals surface area contributed by atoms with Crippen LogP contribution < -0.4 is 4.74 Å². The van der Waals surface area contributed by atoms with E-state index in [2.05, 4.69) is 0 Å². The summed E-state index contributed by atoms with van der Waals surface area (Å²) in [7, 11) is 0. The number of rotatable bonds is 4. The smallest absolute Gasteiger partial charge is 0.261 e. The van der Waals surface area contributed by atoms with Crippen LogP contribution in [0.2, 0.25) is 0 Å². The highest BCUT2D eigenvalue weighted by Gasteiger charge is 2.30. The van der Waals surface area contributed by atoms with Crippen LogP contribution in [0.15, 0.2) is 48.5 Å². The molecule has 1 fully saturated rings. The zero-order chi connectivity index (χ0) is 16.9. The minimum absolute atomic E-state index is 0.0273. The lowest BCUT2D eigenvalue weighted by Crippen LogP contribution is -2.34. The lowest BCUT2D eigenvalue weighted by molar-refractivity contribution is -0.134. The van der Waals surface area contributed by atoms with Crippen molar-refractivity contribution in [3.8, 4) is 17.6 Å². The largest absolute Gasteiger partial charge is 0.508 e. The summed E-state index contributed by atoms with van der Waals surface area (Å²) >= 11 is 0. The van der Waals surface area contributed by atoms with Crippen molar-refractivity contribution >= 4 is 5.91 Å². The fourth-order valence-corrected chi connectivity index (χ4v) is 2.96. The fraction of sp³-hybridized carbons (Fsp3) is 0.263. The maximum atomic E-state index is 12.5. The molecule has 24 heavy (non-hydrogen) atoms. The van der Waals surface area contributed by atoms with E-state index in [-0.39, 0.29) is 24.3 Å². The Hall–Kier alpha value is -3.00. The molecular formula is C19H18N2O3. The Morgan fingerprint density at radius 3 is 2.58 bits per heavy atom. The highest BCUT2D eigenvalue weighted by atomic mass is 16.5. The Kier molecular flexibility index (Phi) is 4.66. The number of amides is 1. The Balaban J connectivity index is 1.63. The van der Waals surface area contributed by atoms with Gasteiger partial charge in [-0.05, 0) is 54.8 Å². The minimum atomic E-state index is -0.0602. The third kappa shape index (κ3) is 3.49. The summed E-state index contributed by atoms with van der Waals surface area (Å²) in [5.74, 6) is 0.733. The summed E-state index contributed by atoms with van der Waals surface area (Å²) < 4.78 is 5.54. The minimum Gasteiger partial charge on any atom is -0.508 e. The SMILES string of the molecule is N#Cc1ccc(OCC(=O)N2CCC[C@H]2c2ccc(O)cc2)cc1. The predicted octanol–water partition coefficient (Wildman–Crippen LogP) is 3.01. The summed E-state index contributed by atoms with van der Waals surface area (Å²) in [5.41, 5.74) is 1.58. The number of nitriles is 1. The monoisotopic (exact) mass is 322 g/mol. The van der Waals surface area contributed by atoms with Crippen LogP contribution in [0.3, 0.4) is 0 Å². The number of hydrogen-bond acceptors (Lipinski definition) is 4. The van der Waals surface area contributed by atoms with Crippen molar-refractivity contribution in [3.05, 3.63) is 59.7 Å². The second-order valence-electron chi connectivity index (χ2n) is 5.76. The molecule has 3 rings (SSSR count). The van der Waals surface area contributed by atoms with Gasteiger partial charge >= 0.3 is 0 Å². The van der Waals surface area contributed by atoms with Crippen LogP contribution in [0.25, 0.3) is 0 Å². The van der Waals surface area contributed by atoms with Gasteiger partial charge in [0.05, 0.1) is 17.7 Å². The van der Waals surface area contributed by atoms with Crippen molar-refractivity contribution in [1.29, 1.82) is 5.26 Å². The lowest BCUT2D eigenvalue weighted by atomic mass is 10.0. The molecule has 0 aliphatic carbocycles. The number of carbonyl (C=O) groups is 1. The molecule has 0 radical (unpaired) electrons. The second kappa shape index (κ2) is 7.05. The third-order valence-corrected chi connectivity index (χ3v) is 4.20. The van der Waals surface area contributed by atoms with Crippen LogP contribution >= 0.6 is 0 Å². The molecule has 0 aromatic heterocycles. The van der Waals surface area contributed by atoms with Crippen molar-refractivity contribution in [2.24, 2.45) is 0 Å². The van der Waals surface area contributed by atoms with Crippen LogP contribution in [0.4, 0.5) is 0 Å². The number of ether oxygens (including phenoxy) is 1. The van der Waals surface area contributed by atoms with Crippen molar-refractivity contribution in [2.45, 2.75) is 18.9 Å². The molecular weight excluding hydrogens is 304 g/mol. The normalized spacial score (nSPS) is 16.6. The average molecular weight is 322 g/mol. The van der Waals surface area contributed by atoms with Crippen LogP contribution in [0.1, 0.15) is 30.0 Å². The van der Waals surface area contributed by atoms with E-state index in [4.69, 9.17) is 10.00 Å². The van der Waals surface area contributed by atoms with Gasteiger partial charge in [0.1, 0.15) is 11.5 Å². The van der Waals surface area contributed by atoms with E-state index in [0.29, 0.717) is 17.9 Å². The number of likely N-dealkylation sites (tertiary alicyclic amines) is 1. The standard InChI is InChI=1S/C19H18N2O3/c20-12-14-3-9-17(10-4-14)24-13-19(23)21-11-1-2-18(21)15-5-7-16(22)8-6-15/h3-10,18,22H,1-2,11,13H2/t18-/m0/s1. The van der Waals surface area contributed by atoms with E-state index >= 15 is 0 Å². The van der Waals surface area contributed by atoms with Crippen LogP contribution in [0, 0.1) is 11.3 Å². The Labute approximate surface area is 140 Å². The average Bonchev–Trinajstić information content (AvgIpc) is 3.10. The molecule has 1 aliphatic rings. The van der Waals surface area contributed by atoms with Crippen molar-refractivity contribution < 1.29 is 14.6 Å². The van der Waals surface area contributed by atoms with Crippen molar-refractivity contribution in [1.82, 2.24) is 4.90 Å². The lowest BCUT2D eigenvalue weighted by Gasteiger charge is -2.25.